The highest BCUT2D eigenvalue weighted by Gasteiger charge is 2.43. The average Bonchev–Trinajstić information content (AvgIpc) is 3.17. The Balaban J connectivity index is 1.88. The second kappa shape index (κ2) is 7.77. The normalized spacial score (nSPS) is 30.3. The number of nitrogens with one attached hydrogen (secondary N) is 1. The van der Waals surface area contributed by atoms with E-state index >= 15 is 0 Å². The molecule has 0 aromatic rings. The van der Waals surface area contributed by atoms with Crippen molar-refractivity contribution in [2.24, 2.45) is 0 Å². The van der Waals surface area contributed by atoms with Crippen molar-refractivity contribution in [1.29, 1.82) is 0 Å². The third-order valence-electron chi connectivity index (χ3n) is 5.09. The van der Waals surface area contributed by atoms with Crippen molar-refractivity contribution in [2.75, 3.05) is 19.7 Å². The van der Waals surface area contributed by atoms with Gasteiger partial charge in [0.05, 0.1) is 6.61 Å². The molecule has 0 aliphatic heterocycles. The molecule has 2 N–H and O–H groups in total. The largest absolute Gasteiger partial charge is 0.394 e. The number of aliphatic hydroxyl groups is 1. The van der Waals surface area contributed by atoms with Crippen LogP contribution in [-0.4, -0.2) is 47.3 Å². The van der Waals surface area contributed by atoms with Crippen molar-refractivity contribution in [2.45, 2.75) is 89.3 Å². The molecule has 0 radical (unpaired) electrons. The second-order valence-electron chi connectivity index (χ2n) is 7.00. The summed E-state index contributed by atoms with van der Waals surface area (Å²) in [5.74, 6) is 0. The third-order valence-corrected chi connectivity index (χ3v) is 5.09. The molecule has 2 rings (SSSR count). The predicted molar refractivity (Wildman–Crippen MR) is 85.0 cm³/mol. The van der Waals surface area contributed by atoms with E-state index in [9.17, 15) is 5.11 Å². The van der Waals surface area contributed by atoms with Gasteiger partial charge in [0, 0.05) is 17.6 Å². The van der Waals surface area contributed by atoms with E-state index < -0.39 is 0 Å². The van der Waals surface area contributed by atoms with Crippen LogP contribution in [0.4, 0.5) is 0 Å². The monoisotopic (exact) mass is 282 g/mol. The first-order valence-electron chi connectivity index (χ1n) is 8.85. The smallest absolute Gasteiger partial charge is 0.0614 e. The Labute approximate surface area is 125 Å². The number of rotatable bonds is 10. The van der Waals surface area contributed by atoms with Gasteiger partial charge in [0.15, 0.2) is 0 Å². The second-order valence-corrected chi connectivity index (χ2v) is 7.00. The number of hydrogen-bond acceptors (Lipinski definition) is 3. The molecule has 2 atom stereocenters. The van der Waals surface area contributed by atoms with Gasteiger partial charge in [-0.15, -0.1) is 0 Å². The molecule has 0 saturated heterocycles. The van der Waals surface area contributed by atoms with E-state index in [2.05, 4.69) is 24.1 Å². The summed E-state index contributed by atoms with van der Waals surface area (Å²) >= 11 is 0. The molecule has 3 nitrogen and oxygen atoms in total. The minimum absolute atomic E-state index is 0.0303. The fourth-order valence-electron chi connectivity index (χ4n) is 3.59. The van der Waals surface area contributed by atoms with Crippen LogP contribution in [0.3, 0.4) is 0 Å². The molecule has 2 aliphatic carbocycles. The standard InChI is InChI=1S/C17H34N2O/c1-3-5-11-19(12-6-4-2)16-9-10-17(13-16,14-20)18-15-7-8-15/h15-16,18,20H,3-14H2,1-2H3. The van der Waals surface area contributed by atoms with Crippen LogP contribution >= 0.6 is 0 Å². The van der Waals surface area contributed by atoms with Crippen LogP contribution in [0.2, 0.25) is 0 Å². The summed E-state index contributed by atoms with van der Waals surface area (Å²) in [6, 6.07) is 1.38. The Morgan fingerprint density at radius 3 is 2.25 bits per heavy atom. The van der Waals surface area contributed by atoms with Crippen LogP contribution in [0.25, 0.3) is 0 Å². The summed E-state index contributed by atoms with van der Waals surface area (Å²) in [7, 11) is 0. The zero-order valence-electron chi connectivity index (χ0n) is 13.5. The van der Waals surface area contributed by atoms with Crippen LogP contribution in [0.5, 0.6) is 0 Å². The molecular weight excluding hydrogens is 248 g/mol. The number of aliphatic hydroxyl groups excluding tert-OH is 1. The van der Waals surface area contributed by atoms with E-state index in [0.717, 1.165) is 12.8 Å². The van der Waals surface area contributed by atoms with Gasteiger partial charge < -0.3 is 15.3 Å². The molecule has 0 spiro atoms. The first kappa shape index (κ1) is 16.3. The summed E-state index contributed by atoms with van der Waals surface area (Å²) in [5.41, 5.74) is 0.0303. The van der Waals surface area contributed by atoms with Gasteiger partial charge in [0.2, 0.25) is 0 Å². The van der Waals surface area contributed by atoms with Gasteiger partial charge >= 0.3 is 0 Å². The van der Waals surface area contributed by atoms with E-state index in [1.807, 2.05) is 0 Å². The Hall–Kier alpha value is -0.120. The lowest BCUT2D eigenvalue weighted by molar-refractivity contribution is 0.139. The summed E-state index contributed by atoms with van der Waals surface area (Å²) < 4.78 is 0. The molecule has 3 heteroatoms. The molecule has 0 bridgehead atoms. The number of unbranched alkanes of at least 4 members (excludes halogenated alkanes) is 2. The molecule has 118 valence electrons. The van der Waals surface area contributed by atoms with Gasteiger partial charge in [-0.2, -0.15) is 0 Å². The zero-order valence-corrected chi connectivity index (χ0v) is 13.5. The Kier molecular flexibility index (Phi) is 6.31. The highest BCUT2D eigenvalue weighted by molar-refractivity contribution is 5.03. The number of hydrogen-bond donors (Lipinski definition) is 2. The third kappa shape index (κ3) is 4.44. The van der Waals surface area contributed by atoms with Crippen LogP contribution < -0.4 is 5.32 Å². The van der Waals surface area contributed by atoms with Gasteiger partial charge in [-0.1, -0.05) is 26.7 Å². The van der Waals surface area contributed by atoms with Crippen molar-refractivity contribution in [3.63, 3.8) is 0 Å². The van der Waals surface area contributed by atoms with Gasteiger partial charge in [-0.3, -0.25) is 0 Å². The molecule has 20 heavy (non-hydrogen) atoms. The quantitative estimate of drug-likeness (QED) is 0.647. The fourth-order valence-corrected chi connectivity index (χ4v) is 3.59. The Morgan fingerprint density at radius 2 is 1.75 bits per heavy atom. The summed E-state index contributed by atoms with van der Waals surface area (Å²) in [4.78, 5) is 2.71. The maximum absolute atomic E-state index is 9.86. The predicted octanol–water partition coefficient (Wildman–Crippen LogP) is 2.92. The first-order chi connectivity index (χ1) is 9.73. The molecular formula is C17H34N2O. The molecule has 2 saturated carbocycles. The summed E-state index contributed by atoms with van der Waals surface area (Å²) in [6.07, 6.45) is 11.3. The van der Waals surface area contributed by atoms with Gasteiger partial charge in [0.25, 0.3) is 0 Å². The molecule has 0 heterocycles. The molecule has 0 aromatic carbocycles. The van der Waals surface area contributed by atoms with E-state index in [1.54, 1.807) is 0 Å². The van der Waals surface area contributed by atoms with Crippen LogP contribution in [0.15, 0.2) is 0 Å². The van der Waals surface area contributed by atoms with Crippen molar-refractivity contribution < 1.29 is 5.11 Å². The highest BCUT2D eigenvalue weighted by atomic mass is 16.3. The van der Waals surface area contributed by atoms with E-state index in [0.29, 0.717) is 18.7 Å². The lowest BCUT2D eigenvalue weighted by Gasteiger charge is -2.32. The Morgan fingerprint density at radius 1 is 1.10 bits per heavy atom. The minimum Gasteiger partial charge on any atom is -0.394 e. The molecule has 2 unspecified atom stereocenters. The lowest BCUT2D eigenvalue weighted by atomic mass is 9.98. The highest BCUT2D eigenvalue weighted by Crippen LogP contribution is 2.36. The minimum atomic E-state index is 0.0303. The zero-order chi connectivity index (χ0) is 14.4. The van der Waals surface area contributed by atoms with Crippen molar-refractivity contribution >= 4 is 0 Å². The van der Waals surface area contributed by atoms with Crippen LogP contribution in [0.1, 0.15) is 71.6 Å². The summed E-state index contributed by atoms with van der Waals surface area (Å²) in [5, 5.41) is 13.6. The average molecular weight is 282 g/mol. The summed E-state index contributed by atoms with van der Waals surface area (Å²) in [6.45, 7) is 7.35. The molecule has 2 aliphatic rings. The number of nitrogens with zero attached hydrogens (tertiary/aromatic N) is 1. The van der Waals surface area contributed by atoms with Gasteiger partial charge in [-0.25, -0.2) is 0 Å². The van der Waals surface area contributed by atoms with Crippen molar-refractivity contribution in [3.8, 4) is 0 Å². The van der Waals surface area contributed by atoms with Gasteiger partial charge in [0.1, 0.15) is 0 Å². The Bertz CT molecular complexity index is 272. The van der Waals surface area contributed by atoms with Crippen LogP contribution in [-0.2, 0) is 0 Å². The van der Waals surface area contributed by atoms with Crippen molar-refractivity contribution in [1.82, 2.24) is 10.2 Å². The lowest BCUT2D eigenvalue weighted by Crippen LogP contribution is -2.49. The van der Waals surface area contributed by atoms with E-state index in [1.165, 1.54) is 58.0 Å². The molecule has 0 aromatic heterocycles. The maximum Gasteiger partial charge on any atom is 0.0614 e. The molecule has 2 fully saturated rings. The molecule has 0 amide bonds. The van der Waals surface area contributed by atoms with Crippen molar-refractivity contribution in [3.05, 3.63) is 0 Å². The topological polar surface area (TPSA) is 35.5 Å². The van der Waals surface area contributed by atoms with Gasteiger partial charge in [-0.05, 0) is 58.0 Å². The SMILES string of the molecule is CCCCN(CCCC)C1CCC(CO)(NC2CC2)C1. The fraction of sp³-hybridized carbons (Fsp3) is 1.00. The van der Waals surface area contributed by atoms with E-state index in [-0.39, 0.29) is 5.54 Å². The maximum atomic E-state index is 9.86. The van der Waals surface area contributed by atoms with Crippen LogP contribution in [0, 0.1) is 0 Å². The van der Waals surface area contributed by atoms with E-state index in [4.69, 9.17) is 0 Å². The first-order valence-corrected chi connectivity index (χ1v) is 8.85.